The van der Waals surface area contributed by atoms with E-state index < -0.39 is 0 Å². The number of ether oxygens (including phenoxy) is 2. The van der Waals surface area contributed by atoms with Gasteiger partial charge in [-0.15, -0.1) is 10.2 Å². The molecule has 0 unspecified atom stereocenters. The summed E-state index contributed by atoms with van der Waals surface area (Å²) in [7, 11) is 1.59. The van der Waals surface area contributed by atoms with Crippen LogP contribution in [0, 0.1) is 6.92 Å². The molecular weight excluding hydrogens is 304 g/mol. The highest BCUT2D eigenvalue weighted by atomic mass is 32.2. The molecule has 0 spiro atoms. The molecule has 0 aliphatic rings. The van der Waals surface area contributed by atoms with E-state index in [0.29, 0.717) is 16.7 Å². The molecule has 8 heteroatoms. The highest BCUT2D eigenvalue weighted by Crippen LogP contribution is 2.17. The van der Waals surface area contributed by atoms with Gasteiger partial charge in [0.15, 0.2) is 6.61 Å². The lowest BCUT2D eigenvalue weighted by molar-refractivity contribution is -0.119. The standard InChI is InChI=1S/C14H18N4O3S/c1-4-22-14-16-15-10(2)18(14)17-13(19)9-21-12-7-5-11(20-3)6-8-12/h5-8H,4,9H2,1-3H3,(H,17,19). The Morgan fingerprint density at radius 1 is 1.27 bits per heavy atom. The fraction of sp³-hybridized carbons (Fsp3) is 0.357. The van der Waals surface area contributed by atoms with Crippen molar-refractivity contribution in [1.29, 1.82) is 0 Å². The van der Waals surface area contributed by atoms with Crippen LogP contribution in [0.4, 0.5) is 0 Å². The maximum atomic E-state index is 12.0. The van der Waals surface area contributed by atoms with Gasteiger partial charge in [0.1, 0.15) is 17.3 Å². The third-order valence-corrected chi connectivity index (χ3v) is 3.55. The smallest absolute Gasteiger partial charge is 0.276 e. The number of nitrogens with zero attached hydrogens (tertiary/aromatic N) is 3. The molecule has 1 amide bonds. The van der Waals surface area contributed by atoms with Crippen LogP contribution in [0.25, 0.3) is 0 Å². The highest BCUT2D eigenvalue weighted by molar-refractivity contribution is 7.99. The summed E-state index contributed by atoms with van der Waals surface area (Å²) in [6.45, 7) is 3.69. The van der Waals surface area contributed by atoms with Gasteiger partial charge in [-0.2, -0.15) is 0 Å². The number of hydrogen-bond acceptors (Lipinski definition) is 6. The molecule has 2 rings (SSSR count). The number of aromatic nitrogens is 3. The third kappa shape index (κ3) is 4.14. The van der Waals surface area contributed by atoms with Crippen molar-refractivity contribution >= 4 is 17.7 Å². The molecule has 0 bridgehead atoms. The van der Waals surface area contributed by atoms with E-state index in [9.17, 15) is 4.79 Å². The Bertz CT molecular complexity index is 628. The van der Waals surface area contributed by atoms with Gasteiger partial charge < -0.3 is 9.47 Å². The summed E-state index contributed by atoms with van der Waals surface area (Å²) in [5.41, 5.74) is 2.72. The molecule has 0 atom stereocenters. The zero-order chi connectivity index (χ0) is 15.9. The average Bonchev–Trinajstić information content (AvgIpc) is 2.87. The van der Waals surface area contributed by atoms with Crippen LogP contribution in [0.15, 0.2) is 29.4 Å². The fourth-order valence-corrected chi connectivity index (χ4v) is 2.34. The van der Waals surface area contributed by atoms with E-state index in [1.807, 2.05) is 6.92 Å². The summed E-state index contributed by atoms with van der Waals surface area (Å²) in [5, 5.41) is 8.60. The SMILES string of the molecule is CCSc1nnc(C)n1NC(=O)COc1ccc(OC)cc1. The minimum Gasteiger partial charge on any atom is -0.497 e. The van der Waals surface area contributed by atoms with Gasteiger partial charge in [-0.25, -0.2) is 4.68 Å². The van der Waals surface area contributed by atoms with Crippen molar-refractivity contribution in [2.24, 2.45) is 0 Å². The summed E-state index contributed by atoms with van der Waals surface area (Å²) in [5.74, 6) is 2.51. The number of aryl methyl sites for hydroxylation is 1. The number of carbonyl (C=O) groups excluding carboxylic acids is 1. The van der Waals surface area contributed by atoms with Crippen molar-refractivity contribution in [2.45, 2.75) is 19.0 Å². The number of methoxy groups -OCH3 is 1. The first-order valence-electron chi connectivity index (χ1n) is 6.75. The molecule has 118 valence electrons. The third-order valence-electron chi connectivity index (χ3n) is 2.73. The van der Waals surface area contributed by atoms with E-state index in [-0.39, 0.29) is 12.5 Å². The molecule has 0 saturated carbocycles. The first kappa shape index (κ1) is 16.2. The van der Waals surface area contributed by atoms with Gasteiger partial charge in [0.05, 0.1) is 7.11 Å². The van der Waals surface area contributed by atoms with E-state index in [1.54, 1.807) is 43.0 Å². The largest absolute Gasteiger partial charge is 0.497 e. The molecule has 22 heavy (non-hydrogen) atoms. The minimum absolute atomic E-state index is 0.0970. The number of benzene rings is 1. The lowest BCUT2D eigenvalue weighted by Crippen LogP contribution is -2.29. The molecule has 1 N–H and O–H groups in total. The second kappa shape index (κ2) is 7.69. The van der Waals surface area contributed by atoms with Crippen LogP contribution in [-0.4, -0.2) is 40.3 Å². The van der Waals surface area contributed by atoms with Gasteiger partial charge in [0.25, 0.3) is 5.91 Å². The fourth-order valence-electron chi connectivity index (χ4n) is 1.67. The minimum atomic E-state index is -0.281. The van der Waals surface area contributed by atoms with Crippen molar-refractivity contribution in [1.82, 2.24) is 14.9 Å². The summed E-state index contributed by atoms with van der Waals surface area (Å²) >= 11 is 1.50. The van der Waals surface area contributed by atoms with Crippen molar-refractivity contribution < 1.29 is 14.3 Å². The van der Waals surface area contributed by atoms with Crippen molar-refractivity contribution in [3.63, 3.8) is 0 Å². The average molecular weight is 322 g/mol. The summed E-state index contributed by atoms with van der Waals surface area (Å²) in [6.07, 6.45) is 0. The molecule has 0 aliphatic heterocycles. The topological polar surface area (TPSA) is 78.3 Å². The van der Waals surface area contributed by atoms with E-state index in [1.165, 1.54) is 11.8 Å². The number of carbonyl (C=O) groups is 1. The maximum Gasteiger partial charge on any atom is 0.276 e. The lowest BCUT2D eigenvalue weighted by atomic mass is 10.3. The first-order valence-corrected chi connectivity index (χ1v) is 7.74. The van der Waals surface area contributed by atoms with Gasteiger partial charge in [-0.1, -0.05) is 18.7 Å². The maximum absolute atomic E-state index is 12.0. The predicted molar refractivity (Wildman–Crippen MR) is 84.0 cm³/mol. The van der Waals surface area contributed by atoms with Crippen LogP contribution in [-0.2, 0) is 4.79 Å². The Labute approximate surface area is 133 Å². The van der Waals surface area contributed by atoms with Crippen LogP contribution in [0.5, 0.6) is 11.5 Å². The van der Waals surface area contributed by atoms with Gasteiger partial charge >= 0.3 is 0 Å². The van der Waals surface area contributed by atoms with Crippen molar-refractivity contribution in [3.8, 4) is 11.5 Å². The number of amides is 1. The van der Waals surface area contributed by atoms with Gasteiger partial charge in [-0.3, -0.25) is 10.2 Å². The normalized spacial score (nSPS) is 10.3. The van der Waals surface area contributed by atoms with Crippen LogP contribution >= 0.6 is 11.8 Å². The molecule has 0 saturated heterocycles. The Balaban J connectivity index is 1.91. The van der Waals surface area contributed by atoms with Gasteiger partial charge in [0, 0.05) is 0 Å². The molecule has 1 heterocycles. The predicted octanol–water partition coefficient (Wildman–Crippen LogP) is 1.86. The van der Waals surface area contributed by atoms with Gasteiger partial charge in [-0.05, 0) is 36.9 Å². The second-order valence-corrected chi connectivity index (χ2v) is 5.53. The Morgan fingerprint density at radius 3 is 2.59 bits per heavy atom. The zero-order valence-corrected chi connectivity index (χ0v) is 13.5. The summed E-state index contributed by atoms with van der Waals surface area (Å²) in [4.78, 5) is 12.0. The van der Waals surface area contributed by atoms with Crippen molar-refractivity contribution in [2.75, 3.05) is 24.9 Å². The van der Waals surface area contributed by atoms with E-state index in [2.05, 4.69) is 15.6 Å². The molecule has 7 nitrogen and oxygen atoms in total. The first-order chi connectivity index (χ1) is 10.6. The number of hydrogen-bond donors (Lipinski definition) is 1. The Hall–Kier alpha value is -2.22. The van der Waals surface area contributed by atoms with Crippen LogP contribution < -0.4 is 14.9 Å². The van der Waals surface area contributed by atoms with Gasteiger partial charge in [0.2, 0.25) is 5.16 Å². The Morgan fingerprint density at radius 2 is 1.95 bits per heavy atom. The lowest BCUT2D eigenvalue weighted by Gasteiger charge is -2.10. The van der Waals surface area contributed by atoms with Crippen molar-refractivity contribution in [3.05, 3.63) is 30.1 Å². The number of nitrogens with one attached hydrogen (secondary N) is 1. The molecular formula is C14H18N4O3S. The number of rotatable bonds is 7. The summed E-state index contributed by atoms with van der Waals surface area (Å²) in [6, 6.07) is 7.03. The highest BCUT2D eigenvalue weighted by Gasteiger charge is 2.12. The molecule has 0 aliphatic carbocycles. The molecule has 1 aromatic carbocycles. The quantitative estimate of drug-likeness (QED) is 0.784. The van der Waals surface area contributed by atoms with Crippen LogP contribution in [0.2, 0.25) is 0 Å². The van der Waals surface area contributed by atoms with Crippen LogP contribution in [0.3, 0.4) is 0 Å². The molecule has 2 aromatic rings. The Kier molecular flexibility index (Phi) is 5.65. The number of thioether (sulfide) groups is 1. The van der Waals surface area contributed by atoms with E-state index >= 15 is 0 Å². The zero-order valence-electron chi connectivity index (χ0n) is 12.7. The van der Waals surface area contributed by atoms with E-state index in [0.717, 1.165) is 11.5 Å². The second-order valence-electron chi connectivity index (χ2n) is 4.30. The van der Waals surface area contributed by atoms with E-state index in [4.69, 9.17) is 9.47 Å². The van der Waals surface area contributed by atoms with Crippen LogP contribution in [0.1, 0.15) is 12.7 Å². The monoisotopic (exact) mass is 322 g/mol. The molecule has 1 aromatic heterocycles. The molecule has 0 fully saturated rings. The summed E-state index contributed by atoms with van der Waals surface area (Å²) < 4.78 is 12.1. The molecule has 0 radical (unpaired) electrons.